The first kappa shape index (κ1) is 25.8. The van der Waals surface area contributed by atoms with Crippen LogP contribution in [-0.4, -0.2) is 35.8 Å². The molecule has 1 aliphatic heterocycles. The van der Waals surface area contributed by atoms with Gasteiger partial charge in [0.05, 0.1) is 0 Å². The quantitative estimate of drug-likeness (QED) is 0.498. The zero-order valence-corrected chi connectivity index (χ0v) is 20.3. The number of nitrogens with zero attached hydrogens (tertiary/aromatic N) is 3. The second kappa shape index (κ2) is 10.0. The van der Waals surface area contributed by atoms with Gasteiger partial charge in [0.15, 0.2) is 6.20 Å². The predicted molar refractivity (Wildman–Crippen MR) is 126 cm³/mol. The minimum absolute atomic E-state index is 0.185. The van der Waals surface area contributed by atoms with Crippen LogP contribution in [-0.2, 0) is 29.5 Å². The molecule has 1 aromatic heterocycles. The van der Waals surface area contributed by atoms with E-state index < -0.39 is 33.9 Å². The molecule has 3 N–H and O–H groups in total. The van der Waals surface area contributed by atoms with E-state index in [4.69, 9.17) is 5.73 Å². The van der Waals surface area contributed by atoms with Crippen LogP contribution in [0.4, 0.5) is 28.9 Å². The third kappa shape index (κ3) is 5.44. The summed E-state index contributed by atoms with van der Waals surface area (Å²) in [6.45, 7) is 1.13. The zero-order valence-electron chi connectivity index (χ0n) is 19.5. The average molecular weight is 525 g/mol. The largest absolute Gasteiger partial charge is 0.511 e. The van der Waals surface area contributed by atoms with Crippen molar-refractivity contribution in [1.82, 2.24) is 9.29 Å². The number of halogens is 4. The third-order valence-electron chi connectivity index (χ3n) is 6.29. The standard InChI is InChI=1S/C24H25F4N5O2S/c1-16-3-2-4-22-21(16)14-32(36(34,35)24(26,27)28)13-20(10-7-17-5-8-18(25)9-6-17)33(22)15-23-30-11-19(29)12-31-23/h2-6,8-9,11-12,20H,7,10,13-15,29H2,1H3/p+1. The van der Waals surface area contributed by atoms with Crippen LogP contribution >= 0.6 is 0 Å². The van der Waals surface area contributed by atoms with E-state index in [0.29, 0.717) is 45.5 Å². The molecule has 7 nitrogen and oxygen atoms in total. The molecule has 0 bridgehead atoms. The molecule has 192 valence electrons. The number of nitrogens with one attached hydrogen (secondary N) is 1. The highest BCUT2D eigenvalue weighted by molar-refractivity contribution is 7.89. The number of hydrogen-bond donors (Lipinski definition) is 1. The number of fused-ring (bicyclic) bond motifs is 1. The van der Waals surface area contributed by atoms with Crippen LogP contribution in [0.25, 0.3) is 0 Å². The van der Waals surface area contributed by atoms with Crippen LogP contribution in [0.1, 0.15) is 28.9 Å². The molecule has 2 heterocycles. The van der Waals surface area contributed by atoms with Crippen molar-refractivity contribution in [3.63, 3.8) is 0 Å². The molecule has 0 spiro atoms. The lowest BCUT2D eigenvalue weighted by Gasteiger charge is -2.33. The fourth-order valence-corrected chi connectivity index (χ4v) is 5.31. The third-order valence-corrected chi connectivity index (χ3v) is 7.83. The van der Waals surface area contributed by atoms with Crippen LogP contribution < -0.4 is 15.6 Å². The first-order valence-corrected chi connectivity index (χ1v) is 12.7. The lowest BCUT2D eigenvalue weighted by molar-refractivity contribution is -0.394. The van der Waals surface area contributed by atoms with Gasteiger partial charge in [0.25, 0.3) is 0 Å². The van der Waals surface area contributed by atoms with Crippen molar-refractivity contribution in [2.45, 2.75) is 44.4 Å². The summed E-state index contributed by atoms with van der Waals surface area (Å²) in [5, 5.41) is 0. The Labute approximate surface area is 206 Å². The van der Waals surface area contributed by atoms with E-state index in [1.54, 1.807) is 43.5 Å². The van der Waals surface area contributed by atoms with Gasteiger partial charge >= 0.3 is 21.4 Å². The van der Waals surface area contributed by atoms with Crippen molar-refractivity contribution in [3.8, 4) is 0 Å². The Morgan fingerprint density at radius 3 is 2.53 bits per heavy atom. The molecule has 0 saturated heterocycles. The molecule has 1 atom stereocenters. The normalized spacial score (nSPS) is 17.0. The second-order valence-corrected chi connectivity index (χ2v) is 10.7. The predicted octanol–water partition coefficient (Wildman–Crippen LogP) is 3.60. The molecule has 3 aromatic rings. The lowest BCUT2D eigenvalue weighted by atomic mass is 10.0. The molecule has 1 aliphatic rings. The first-order chi connectivity index (χ1) is 17.0. The Bertz CT molecular complexity index is 1320. The van der Waals surface area contributed by atoms with Gasteiger partial charge in [-0.3, -0.25) is 0 Å². The summed E-state index contributed by atoms with van der Waals surface area (Å²) in [4.78, 5) is 9.16. The maximum atomic E-state index is 13.6. The lowest BCUT2D eigenvalue weighted by Crippen LogP contribution is -2.47. The van der Waals surface area contributed by atoms with Gasteiger partial charge in [-0.05, 0) is 54.7 Å². The number of rotatable bonds is 6. The second-order valence-electron chi connectivity index (χ2n) is 8.76. The van der Waals surface area contributed by atoms with E-state index in [-0.39, 0.29) is 13.1 Å². The molecule has 1 unspecified atom stereocenters. The number of alkyl halides is 3. The van der Waals surface area contributed by atoms with Crippen molar-refractivity contribution in [2.75, 3.05) is 17.2 Å². The number of hydrogen-bond acceptors (Lipinski definition) is 5. The summed E-state index contributed by atoms with van der Waals surface area (Å²) in [7, 11) is -5.59. The highest BCUT2D eigenvalue weighted by Gasteiger charge is 2.51. The SMILES string of the molecule is Cc1cccc2c1CN(S(=O)(=O)C(F)(F)F)CC(CCc1ccc(F)cc1)N2Cc1ncc(N)c[nH+]1. The monoisotopic (exact) mass is 524 g/mol. The van der Waals surface area contributed by atoms with Gasteiger partial charge in [-0.1, -0.05) is 29.2 Å². The number of nitrogen functional groups attached to an aromatic ring is 1. The fraction of sp³-hybridized carbons (Fsp3) is 0.333. The molecule has 4 rings (SSSR count). The van der Waals surface area contributed by atoms with E-state index in [9.17, 15) is 26.0 Å². The van der Waals surface area contributed by atoms with Crippen LogP contribution in [0.5, 0.6) is 0 Å². The Balaban J connectivity index is 1.78. The minimum Gasteiger partial charge on any atom is -0.393 e. The summed E-state index contributed by atoms with van der Waals surface area (Å²) >= 11 is 0. The first-order valence-electron chi connectivity index (χ1n) is 11.2. The number of benzene rings is 2. The Morgan fingerprint density at radius 1 is 1.17 bits per heavy atom. The summed E-state index contributed by atoms with van der Waals surface area (Å²) in [5.41, 5.74) is 3.29. The minimum atomic E-state index is -5.59. The highest BCUT2D eigenvalue weighted by Crippen LogP contribution is 2.36. The van der Waals surface area contributed by atoms with Gasteiger partial charge in [0.2, 0.25) is 0 Å². The number of aromatic nitrogens is 2. The van der Waals surface area contributed by atoms with Gasteiger partial charge in [0.1, 0.15) is 24.2 Å². The molecule has 12 heteroatoms. The summed E-state index contributed by atoms with van der Waals surface area (Å²) < 4.78 is 79.8. The van der Waals surface area contributed by atoms with E-state index in [2.05, 4.69) is 9.97 Å². The fourth-order valence-electron chi connectivity index (χ4n) is 4.35. The van der Waals surface area contributed by atoms with Gasteiger partial charge in [-0.25, -0.2) is 17.8 Å². The van der Waals surface area contributed by atoms with Crippen molar-refractivity contribution in [2.24, 2.45) is 0 Å². The van der Waals surface area contributed by atoms with Gasteiger partial charge in [0, 0.05) is 24.8 Å². The Morgan fingerprint density at radius 2 is 1.89 bits per heavy atom. The van der Waals surface area contributed by atoms with Crippen LogP contribution in [0.15, 0.2) is 54.9 Å². The van der Waals surface area contributed by atoms with Crippen molar-refractivity contribution < 1.29 is 31.0 Å². The summed E-state index contributed by atoms with van der Waals surface area (Å²) in [5.74, 6) is 0.113. The highest BCUT2D eigenvalue weighted by atomic mass is 32.2. The summed E-state index contributed by atoms with van der Waals surface area (Å²) in [6, 6.07) is 10.5. The van der Waals surface area contributed by atoms with Crippen LogP contribution in [0.3, 0.4) is 0 Å². The number of sulfonamides is 1. The van der Waals surface area contributed by atoms with E-state index in [1.165, 1.54) is 18.3 Å². The van der Waals surface area contributed by atoms with E-state index in [0.717, 1.165) is 5.56 Å². The molecule has 2 aromatic carbocycles. The molecule has 0 aliphatic carbocycles. The topological polar surface area (TPSA) is 93.7 Å². The number of anilines is 2. The van der Waals surface area contributed by atoms with Gasteiger partial charge in [-0.15, -0.1) is 0 Å². The van der Waals surface area contributed by atoms with Crippen molar-refractivity contribution in [1.29, 1.82) is 0 Å². The van der Waals surface area contributed by atoms with Crippen molar-refractivity contribution in [3.05, 3.63) is 83.2 Å². The van der Waals surface area contributed by atoms with E-state index >= 15 is 0 Å². The summed E-state index contributed by atoms with van der Waals surface area (Å²) in [6.07, 6.45) is 3.75. The zero-order chi connectivity index (χ0) is 26.1. The number of H-pyrrole nitrogens is 1. The molecule has 36 heavy (non-hydrogen) atoms. The Kier molecular flexibility index (Phi) is 7.19. The molecule has 0 fully saturated rings. The van der Waals surface area contributed by atoms with Crippen LogP contribution in [0, 0.1) is 12.7 Å². The van der Waals surface area contributed by atoms with Gasteiger partial charge < -0.3 is 10.6 Å². The van der Waals surface area contributed by atoms with E-state index in [1.807, 2.05) is 4.90 Å². The number of aryl methyl sites for hydroxylation is 2. The van der Waals surface area contributed by atoms with Crippen LogP contribution in [0.2, 0.25) is 0 Å². The van der Waals surface area contributed by atoms with Crippen molar-refractivity contribution >= 4 is 21.4 Å². The molecule has 0 radical (unpaired) electrons. The molecule has 0 amide bonds. The van der Waals surface area contributed by atoms with Gasteiger partial charge in [-0.2, -0.15) is 17.5 Å². The Hall–Kier alpha value is -3.25. The molecular formula is C24H26F4N5O2S+. The number of aromatic amines is 1. The molecule has 0 saturated carbocycles. The number of nitrogens with two attached hydrogens (primary N) is 1. The maximum Gasteiger partial charge on any atom is 0.511 e. The maximum absolute atomic E-state index is 13.6. The smallest absolute Gasteiger partial charge is 0.393 e. The molecular weight excluding hydrogens is 498 g/mol. The average Bonchev–Trinajstić information content (AvgIpc) is 2.98.